The molecule has 2 atom stereocenters. The van der Waals surface area contributed by atoms with Crippen LogP contribution in [0.3, 0.4) is 0 Å². The smallest absolute Gasteiger partial charge is 0.353 e. The summed E-state index contributed by atoms with van der Waals surface area (Å²) in [5.41, 5.74) is 2.71. The van der Waals surface area contributed by atoms with Crippen LogP contribution in [-0.4, -0.2) is 19.8 Å². The summed E-state index contributed by atoms with van der Waals surface area (Å²) in [6.07, 6.45) is 3.67. The SMILES string of the molecule is CCOP(=O)(C=CC1c2coc3ccc(Cl)c(c23)NCC1C)OCC. The van der Waals surface area contributed by atoms with E-state index < -0.39 is 7.60 Å². The van der Waals surface area contributed by atoms with E-state index in [4.69, 9.17) is 25.1 Å². The quantitative estimate of drug-likeness (QED) is 0.619. The fraction of sp³-hybridized carbons (Fsp3) is 0.444. The molecule has 0 saturated carbocycles. The molecule has 0 spiro atoms. The standard InChI is InChI=1S/C18H23ClNO4P/c1-4-23-25(21,24-5-2)9-8-13-12(3)10-20-18-15(19)6-7-16-17(18)14(13)11-22-16/h6-9,11-13,20H,4-5,10H2,1-3H3. The summed E-state index contributed by atoms with van der Waals surface area (Å²) in [7, 11) is -3.24. The van der Waals surface area contributed by atoms with Crippen LogP contribution in [-0.2, 0) is 13.6 Å². The summed E-state index contributed by atoms with van der Waals surface area (Å²) in [4.78, 5) is 0. The predicted molar refractivity (Wildman–Crippen MR) is 102 cm³/mol. The van der Waals surface area contributed by atoms with Crippen molar-refractivity contribution in [3.05, 3.63) is 40.9 Å². The van der Waals surface area contributed by atoms with Crippen LogP contribution in [0.5, 0.6) is 0 Å². The molecular weight excluding hydrogens is 361 g/mol. The van der Waals surface area contributed by atoms with Gasteiger partial charge in [-0.25, -0.2) is 0 Å². The molecule has 2 aromatic rings. The van der Waals surface area contributed by atoms with E-state index in [1.165, 1.54) is 0 Å². The molecule has 3 rings (SSSR count). The van der Waals surface area contributed by atoms with E-state index in [-0.39, 0.29) is 11.8 Å². The molecule has 2 unspecified atom stereocenters. The van der Waals surface area contributed by atoms with Crippen molar-refractivity contribution in [3.63, 3.8) is 0 Å². The van der Waals surface area contributed by atoms with Crippen LogP contribution < -0.4 is 5.32 Å². The number of benzene rings is 1. The Bertz CT molecular complexity index is 822. The summed E-state index contributed by atoms with van der Waals surface area (Å²) in [5, 5.41) is 5.06. The molecule has 0 fully saturated rings. The van der Waals surface area contributed by atoms with E-state index in [1.807, 2.05) is 18.2 Å². The Hall–Kier alpha value is -1.26. The van der Waals surface area contributed by atoms with Gasteiger partial charge in [0.1, 0.15) is 5.58 Å². The van der Waals surface area contributed by atoms with Gasteiger partial charge < -0.3 is 18.8 Å². The van der Waals surface area contributed by atoms with E-state index >= 15 is 0 Å². The second-order valence-corrected chi connectivity index (χ2v) is 8.39. The van der Waals surface area contributed by atoms with Crippen molar-refractivity contribution in [3.8, 4) is 0 Å². The summed E-state index contributed by atoms with van der Waals surface area (Å²) in [6, 6.07) is 3.70. The predicted octanol–water partition coefficient (Wildman–Crippen LogP) is 6.01. The highest BCUT2D eigenvalue weighted by Gasteiger charge is 2.28. The molecule has 0 radical (unpaired) electrons. The number of halogens is 1. The lowest BCUT2D eigenvalue weighted by atomic mass is 9.88. The van der Waals surface area contributed by atoms with Gasteiger partial charge in [0, 0.05) is 29.2 Å². The largest absolute Gasteiger partial charge is 0.464 e. The molecule has 1 aromatic carbocycles. The Kier molecular flexibility index (Phi) is 5.59. The Morgan fingerprint density at radius 3 is 2.76 bits per heavy atom. The minimum absolute atomic E-state index is 0.0164. The monoisotopic (exact) mass is 383 g/mol. The molecule has 5 nitrogen and oxygen atoms in total. The van der Waals surface area contributed by atoms with Crippen molar-refractivity contribution < 1.29 is 18.0 Å². The average Bonchev–Trinajstić information content (AvgIpc) is 2.92. The highest BCUT2D eigenvalue weighted by Crippen LogP contribution is 2.51. The zero-order valence-electron chi connectivity index (χ0n) is 14.6. The van der Waals surface area contributed by atoms with E-state index in [2.05, 4.69) is 12.2 Å². The van der Waals surface area contributed by atoms with E-state index in [1.54, 1.807) is 25.9 Å². The maximum absolute atomic E-state index is 12.7. The van der Waals surface area contributed by atoms with Gasteiger partial charge in [0.15, 0.2) is 0 Å². The van der Waals surface area contributed by atoms with E-state index in [0.717, 1.165) is 28.8 Å². The van der Waals surface area contributed by atoms with Crippen LogP contribution in [0, 0.1) is 5.92 Å². The Morgan fingerprint density at radius 2 is 2.08 bits per heavy atom. The molecule has 1 aliphatic rings. The van der Waals surface area contributed by atoms with Gasteiger partial charge in [-0.3, -0.25) is 4.57 Å². The number of rotatable bonds is 6. The Balaban J connectivity index is 2.03. The average molecular weight is 384 g/mol. The van der Waals surface area contributed by atoms with Gasteiger partial charge in [-0.1, -0.05) is 24.6 Å². The molecule has 136 valence electrons. The van der Waals surface area contributed by atoms with Gasteiger partial charge in [0.25, 0.3) is 0 Å². The zero-order valence-corrected chi connectivity index (χ0v) is 16.3. The third-order valence-corrected chi connectivity index (χ3v) is 6.47. The summed E-state index contributed by atoms with van der Waals surface area (Å²) in [6.45, 7) is 7.14. The number of hydrogen-bond donors (Lipinski definition) is 1. The third-order valence-electron chi connectivity index (χ3n) is 4.38. The van der Waals surface area contributed by atoms with Crippen LogP contribution >= 0.6 is 19.2 Å². The van der Waals surface area contributed by atoms with Gasteiger partial charge in [-0.15, -0.1) is 0 Å². The first-order chi connectivity index (χ1) is 12.0. The van der Waals surface area contributed by atoms with Crippen molar-refractivity contribution in [1.82, 2.24) is 0 Å². The lowest BCUT2D eigenvalue weighted by molar-refractivity contribution is 0.228. The first kappa shape index (κ1) is 18.5. The molecule has 0 saturated heterocycles. The first-order valence-corrected chi connectivity index (χ1v) is 10.5. The normalized spacial score (nSPS) is 20.8. The molecule has 0 aliphatic carbocycles. The van der Waals surface area contributed by atoms with Gasteiger partial charge in [0.05, 0.1) is 30.2 Å². The number of anilines is 1. The fourth-order valence-corrected chi connectivity index (χ4v) is 4.81. The lowest BCUT2D eigenvalue weighted by Gasteiger charge is -2.19. The van der Waals surface area contributed by atoms with Gasteiger partial charge in [-0.2, -0.15) is 0 Å². The van der Waals surface area contributed by atoms with Crippen molar-refractivity contribution in [2.75, 3.05) is 25.1 Å². The molecule has 2 heterocycles. The molecular formula is C18H23ClNO4P. The zero-order chi connectivity index (χ0) is 18.0. The number of nitrogens with one attached hydrogen (secondary N) is 1. The second-order valence-electron chi connectivity index (χ2n) is 6.09. The topological polar surface area (TPSA) is 60.7 Å². The molecule has 1 aromatic heterocycles. The first-order valence-electron chi connectivity index (χ1n) is 8.50. The molecule has 1 aliphatic heterocycles. The highest BCUT2D eigenvalue weighted by molar-refractivity contribution is 7.57. The molecule has 0 amide bonds. The summed E-state index contributed by atoms with van der Waals surface area (Å²) >= 11 is 6.36. The highest BCUT2D eigenvalue weighted by atomic mass is 35.5. The van der Waals surface area contributed by atoms with Crippen LogP contribution in [0.4, 0.5) is 5.69 Å². The molecule has 0 bridgehead atoms. The van der Waals surface area contributed by atoms with Crippen molar-refractivity contribution in [2.24, 2.45) is 5.92 Å². The second kappa shape index (κ2) is 7.55. The van der Waals surface area contributed by atoms with Crippen LogP contribution in [0.25, 0.3) is 11.0 Å². The van der Waals surface area contributed by atoms with Crippen molar-refractivity contribution in [1.29, 1.82) is 0 Å². The molecule has 1 N–H and O–H groups in total. The minimum atomic E-state index is -3.24. The van der Waals surface area contributed by atoms with Crippen LogP contribution in [0.15, 0.2) is 34.7 Å². The number of hydrogen-bond acceptors (Lipinski definition) is 5. The lowest BCUT2D eigenvalue weighted by Crippen LogP contribution is -2.15. The molecule has 25 heavy (non-hydrogen) atoms. The summed E-state index contributed by atoms with van der Waals surface area (Å²) in [5.74, 6) is 1.84. The van der Waals surface area contributed by atoms with E-state index in [9.17, 15) is 4.57 Å². The van der Waals surface area contributed by atoms with Crippen molar-refractivity contribution in [2.45, 2.75) is 26.7 Å². The summed E-state index contributed by atoms with van der Waals surface area (Å²) < 4.78 is 29.2. The van der Waals surface area contributed by atoms with Gasteiger partial charge in [-0.05, 0) is 31.9 Å². The fourth-order valence-electron chi connectivity index (χ4n) is 3.22. The van der Waals surface area contributed by atoms with E-state index in [0.29, 0.717) is 18.2 Å². The number of furan rings is 1. The van der Waals surface area contributed by atoms with Crippen molar-refractivity contribution >= 4 is 35.9 Å². The van der Waals surface area contributed by atoms with Gasteiger partial charge >= 0.3 is 7.60 Å². The Morgan fingerprint density at radius 1 is 1.36 bits per heavy atom. The minimum Gasteiger partial charge on any atom is -0.464 e. The van der Waals surface area contributed by atoms with Crippen LogP contribution in [0.2, 0.25) is 5.02 Å². The maximum Gasteiger partial charge on any atom is 0.353 e. The maximum atomic E-state index is 12.7. The number of allylic oxidation sites excluding steroid dienone is 1. The third kappa shape index (κ3) is 3.65. The Labute approximate surface area is 152 Å². The van der Waals surface area contributed by atoms with Crippen LogP contribution in [0.1, 0.15) is 32.3 Å². The van der Waals surface area contributed by atoms with Gasteiger partial charge in [0.2, 0.25) is 0 Å². The molecule has 7 heteroatoms.